The van der Waals surface area contributed by atoms with E-state index in [2.05, 4.69) is 50.4 Å². The molecule has 1 aliphatic heterocycles. The van der Waals surface area contributed by atoms with Gasteiger partial charge in [0.05, 0.1) is 5.52 Å². The van der Waals surface area contributed by atoms with Crippen molar-refractivity contribution in [2.45, 2.75) is 29.5 Å². The Morgan fingerprint density at radius 3 is 2.83 bits per heavy atom. The summed E-state index contributed by atoms with van der Waals surface area (Å²) >= 11 is 20.1. The molecule has 1 aliphatic rings. The number of likely N-dealkylation sites (N-methyl/N-ethyl adjacent to an activating group) is 1. The van der Waals surface area contributed by atoms with Gasteiger partial charge in [-0.05, 0) is 72.1 Å². The van der Waals surface area contributed by atoms with Crippen LogP contribution < -0.4 is 0 Å². The Balaban J connectivity index is 2.07. The Kier molecular flexibility index (Phi) is 5.58. The number of piperidine rings is 1. The Morgan fingerprint density at radius 2 is 2.13 bits per heavy atom. The second-order valence-corrected chi connectivity index (χ2v) is 9.26. The van der Waals surface area contributed by atoms with Crippen molar-refractivity contribution in [3.63, 3.8) is 0 Å². The molecule has 0 saturated carbocycles. The predicted octanol–water partition coefficient (Wildman–Crippen LogP) is 5.26. The zero-order chi connectivity index (χ0) is 16.6. The highest BCUT2D eigenvalue weighted by Crippen LogP contribution is 2.38. The minimum atomic E-state index is -1.60. The summed E-state index contributed by atoms with van der Waals surface area (Å²) in [6, 6.07) is 4.07. The van der Waals surface area contributed by atoms with Gasteiger partial charge >= 0.3 is 0 Å². The van der Waals surface area contributed by atoms with Crippen LogP contribution in [0, 0.1) is 3.57 Å². The molecule has 0 spiro atoms. The summed E-state index contributed by atoms with van der Waals surface area (Å²) in [6.45, 7) is 5.57. The highest BCUT2D eigenvalue weighted by Gasteiger charge is 2.28. The fourth-order valence-electron chi connectivity index (χ4n) is 3.23. The van der Waals surface area contributed by atoms with Crippen molar-refractivity contribution in [2.24, 2.45) is 0 Å². The zero-order valence-corrected chi connectivity index (χ0v) is 17.1. The van der Waals surface area contributed by atoms with Crippen LogP contribution >= 0.6 is 57.4 Å². The fourth-order valence-corrected chi connectivity index (χ4v) is 4.41. The lowest BCUT2D eigenvalue weighted by molar-refractivity contribution is 0.218. The molecular formula is C16H17Cl3IN3. The van der Waals surface area contributed by atoms with Crippen molar-refractivity contribution in [3.05, 3.63) is 33.3 Å². The molecule has 0 aliphatic carbocycles. The smallest absolute Gasteiger partial charge is 0.250 e. The van der Waals surface area contributed by atoms with Gasteiger partial charge < -0.3 is 4.90 Å². The van der Waals surface area contributed by atoms with Crippen molar-refractivity contribution in [1.82, 2.24) is 14.9 Å². The van der Waals surface area contributed by atoms with Gasteiger partial charge in [-0.3, -0.25) is 0 Å². The maximum Gasteiger partial charge on any atom is 0.250 e. The molecule has 2 aromatic rings. The van der Waals surface area contributed by atoms with Gasteiger partial charge in [0.15, 0.2) is 5.82 Å². The molecule has 3 nitrogen and oxygen atoms in total. The third-order valence-corrected chi connectivity index (χ3v) is 5.82. The maximum absolute atomic E-state index is 5.91. The largest absolute Gasteiger partial charge is 0.303 e. The number of nitrogens with zero attached hydrogens (tertiary/aromatic N) is 3. The second kappa shape index (κ2) is 7.16. The Labute approximate surface area is 164 Å². The van der Waals surface area contributed by atoms with Crippen LogP contribution in [-0.4, -0.2) is 34.5 Å². The highest BCUT2D eigenvalue weighted by molar-refractivity contribution is 14.1. The average Bonchev–Trinajstić information content (AvgIpc) is 2.53. The van der Waals surface area contributed by atoms with Crippen LogP contribution in [0.3, 0.4) is 0 Å². The SMILES string of the molecule is CCN1CCCC(c2c(I)ccc3nc(C(Cl)(Cl)Cl)ncc23)C1. The van der Waals surface area contributed by atoms with E-state index >= 15 is 0 Å². The van der Waals surface area contributed by atoms with Gasteiger partial charge in [-0.2, -0.15) is 0 Å². The molecule has 124 valence electrons. The van der Waals surface area contributed by atoms with E-state index in [1.165, 1.54) is 28.5 Å². The topological polar surface area (TPSA) is 29.0 Å². The zero-order valence-electron chi connectivity index (χ0n) is 12.7. The molecule has 0 bridgehead atoms. The first-order valence-corrected chi connectivity index (χ1v) is 9.86. The van der Waals surface area contributed by atoms with Gasteiger partial charge in [-0.15, -0.1) is 0 Å². The number of benzene rings is 1. The molecule has 1 atom stereocenters. The molecule has 0 radical (unpaired) electrons. The molecule has 23 heavy (non-hydrogen) atoms. The van der Waals surface area contributed by atoms with Gasteiger partial charge in [0.1, 0.15) is 0 Å². The Hall–Kier alpha value is 0.120. The number of fused-ring (bicyclic) bond motifs is 1. The summed E-state index contributed by atoms with van der Waals surface area (Å²) in [5.41, 5.74) is 2.17. The third kappa shape index (κ3) is 3.87. The molecule has 2 heterocycles. The van der Waals surface area contributed by atoms with Gasteiger partial charge in [0.2, 0.25) is 3.79 Å². The first kappa shape index (κ1) is 17.9. The van der Waals surface area contributed by atoms with Crippen molar-refractivity contribution in [3.8, 4) is 0 Å². The minimum absolute atomic E-state index is 0.223. The normalized spacial score (nSPS) is 20.1. The lowest BCUT2D eigenvalue weighted by Gasteiger charge is -2.33. The van der Waals surface area contributed by atoms with E-state index in [1.807, 2.05) is 12.3 Å². The van der Waals surface area contributed by atoms with E-state index in [0.29, 0.717) is 5.92 Å². The number of rotatable bonds is 2. The summed E-state index contributed by atoms with van der Waals surface area (Å²) < 4.78 is -0.343. The van der Waals surface area contributed by atoms with Crippen molar-refractivity contribution >= 4 is 68.3 Å². The number of likely N-dealkylation sites (tertiary alicyclic amines) is 1. The van der Waals surface area contributed by atoms with E-state index in [1.54, 1.807) is 0 Å². The molecule has 1 unspecified atom stereocenters. The van der Waals surface area contributed by atoms with E-state index in [9.17, 15) is 0 Å². The van der Waals surface area contributed by atoms with Crippen LogP contribution in [-0.2, 0) is 3.79 Å². The van der Waals surface area contributed by atoms with E-state index in [-0.39, 0.29) is 5.82 Å². The number of hydrogen-bond donors (Lipinski definition) is 0. The molecule has 3 rings (SSSR count). The first-order valence-electron chi connectivity index (χ1n) is 7.65. The van der Waals surface area contributed by atoms with Crippen LogP contribution in [0.2, 0.25) is 0 Å². The molecule has 0 amide bonds. The maximum atomic E-state index is 5.91. The minimum Gasteiger partial charge on any atom is -0.303 e. The lowest BCUT2D eigenvalue weighted by Crippen LogP contribution is -2.34. The summed E-state index contributed by atoms with van der Waals surface area (Å²) in [4.78, 5) is 11.2. The Morgan fingerprint density at radius 1 is 1.35 bits per heavy atom. The van der Waals surface area contributed by atoms with Crippen molar-refractivity contribution < 1.29 is 0 Å². The number of hydrogen-bond acceptors (Lipinski definition) is 3. The summed E-state index contributed by atoms with van der Waals surface area (Å²) in [7, 11) is 0. The van der Waals surface area contributed by atoms with Crippen molar-refractivity contribution in [1.29, 1.82) is 0 Å². The molecule has 1 fully saturated rings. The number of halogens is 4. The first-order chi connectivity index (χ1) is 10.9. The van der Waals surface area contributed by atoms with Crippen LogP contribution in [0.4, 0.5) is 0 Å². The molecule has 0 N–H and O–H groups in total. The van der Waals surface area contributed by atoms with Crippen LogP contribution in [0.25, 0.3) is 10.9 Å². The Bertz CT molecular complexity index is 718. The predicted molar refractivity (Wildman–Crippen MR) is 106 cm³/mol. The average molecular weight is 485 g/mol. The van der Waals surface area contributed by atoms with Gasteiger partial charge in [0.25, 0.3) is 0 Å². The van der Waals surface area contributed by atoms with Gasteiger partial charge in [0, 0.05) is 21.7 Å². The quantitative estimate of drug-likeness (QED) is 0.430. The molecular weight excluding hydrogens is 467 g/mol. The summed E-state index contributed by atoms with van der Waals surface area (Å²) in [5, 5.41) is 1.07. The van der Waals surface area contributed by atoms with Crippen LogP contribution in [0.5, 0.6) is 0 Å². The van der Waals surface area contributed by atoms with E-state index < -0.39 is 3.79 Å². The molecule has 1 saturated heterocycles. The third-order valence-electron chi connectivity index (χ3n) is 4.37. The van der Waals surface area contributed by atoms with Gasteiger partial charge in [-0.25, -0.2) is 9.97 Å². The molecule has 1 aromatic carbocycles. The number of alkyl halides is 3. The summed E-state index contributed by atoms with van der Waals surface area (Å²) in [6.07, 6.45) is 4.22. The summed E-state index contributed by atoms with van der Waals surface area (Å²) in [5.74, 6) is 0.725. The van der Waals surface area contributed by atoms with Crippen molar-refractivity contribution in [2.75, 3.05) is 19.6 Å². The monoisotopic (exact) mass is 483 g/mol. The fraction of sp³-hybridized carbons (Fsp3) is 0.500. The number of aromatic nitrogens is 2. The van der Waals surface area contributed by atoms with E-state index in [4.69, 9.17) is 34.8 Å². The van der Waals surface area contributed by atoms with E-state index in [0.717, 1.165) is 24.0 Å². The van der Waals surface area contributed by atoms with Crippen LogP contribution in [0.15, 0.2) is 18.3 Å². The highest BCUT2D eigenvalue weighted by atomic mass is 127. The molecule has 1 aromatic heterocycles. The van der Waals surface area contributed by atoms with Crippen LogP contribution in [0.1, 0.15) is 37.1 Å². The second-order valence-electron chi connectivity index (χ2n) is 5.82. The lowest BCUT2D eigenvalue weighted by atomic mass is 9.88. The standard InChI is InChI=1S/C16H17Cl3IN3/c1-2-23-7-3-4-10(9-23)14-11-8-21-15(16(17,18)19)22-13(11)6-5-12(14)20/h5-6,8,10H,2-4,7,9H2,1H3. The molecule has 7 heteroatoms. The van der Waals surface area contributed by atoms with Gasteiger partial charge in [-0.1, -0.05) is 41.7 Å².